The van der Waals surface area contributed by atoms with Crippen molar-refractivity contribution in [3.05, 3.63) is 0 Å². The molecule has 2 atom stereocenters. The van der Waals surface area contributed by atoms with Crippen molar-refractivity contribution in [2.75, 3.05) is 0 Å². The van der Waals surface area contributed by atoms with E-state index in [1.54, 1.807) is 0 Å². The first-order chi connectivity index (χ1) is 5.61. The van der Waals surface area contributed by atoms with Gasteiger partial charge in [0, 0.05) is 6.04 Å². The molecular weight excluding hydrogens is 188 g/mol. The van der Waals surface area contributed by atoms with Crippen LogP contribution < -0.4 is 5.32 Å². The summed E-state index contributed by atoms with van der Waals surface area (Å²) in [4.78, 5) is 10.5. The van der Waals surface area contributed by atoms with Crippen molar-refractivity contribution in [3.63, 3.8) is 0 Å². The van der Waals surface area contributed by atoms with Crippen LogP contribution >= 0.6 is 11.6 Å². The van der Waals surface area contributed by atoms with E-state index in [1.165, 1.54) is 0 Å². The van der Waals surface area contributed by atoms with Gasteiger partial charge < -0.3 is 5.32 Å². The molecule has 0 aliphatic heterocycles. The van der Waals surface area contributed by atoms with Gasteiger partial charge in [0.25, 0.3) is 5.91 Å². The monoisotopic (exact) mass is 197 g/mol. The van der Waals surface area contributed by atoms with Crippen LogP contribution in [0.3, 0.4) is 0 Å². The van der Waals surface area contributed by atoms with Crippen LogP contribution in [0.1, 0.15) is 19.3 Å². The molecule has 0 aromatic carbocycles. The van der Waals surface area contributed by atoms with Gasteiger partial charge in [0.15, 0.2) is 0 Å². The van der Waals surface area contributed by atoms with Crippen LogP contribution in [0.2, 0.25) is 0 Å². The Morgan fingerprint density at radius 3 is 2.58 bits per heavy atom. The van der Waals surface area contributed by atoms with Crippen molar-refractivity contribution in [3.8, 4) is 0 Å². The smallest absolute Gasteiger partial charge is 0.315 e. The molecule has 0 heterocycles. The van der Waals surface area contributed by atoms with Crippen molar-refractivity contribution in [1.82, 2.24) is 5.32 Å². The number of carbonyl (C=O) groups is 1. The maximum atomic E-state index is 11.8. The summed E-state index contributed by atoms with van der Waals surface area (Å²) in [6.45, 7) is 0. The molecule has 1 aliphatic rings. The van der Waals surface area contributed by atoms with Gasteiger partial charge in [-0.05, 0) is 19.3 Å². The number of hydrogen-bond donors (Lipinski definition) is 1. The van der Waals surface area contributed by atoms with Crippen molar-refractivity contribution in [1.29, 1.82) is 0 Å². The van der Waals surface area contributed by atoms with Crippen molar-refractivity contribution in [2.45, 2.75) is 37.1 Å². The number of halogens is 3. The summed E-state index contributed by atoms with van der Waals surface area (Å²) in [5.74, 6) is -1.22. The van der Waals surface area contributed by atoms with Crippen LogP contribution in [-0.4, -0.2) is 23.8 Å². The Kier molecular flexibility index (Phi) is 3.26. The van der Waals surface area contributed by atoms with Gasteiger partial charge >= 0.3 is 6.43 Å². The first-order valence-electron chi connectivity index (χ1n) is 3.84. The van der Waals surface area contributed by atoms with Crippen LogP contribution in [0, 0.1) is 0 Å². The van der Waals surface area contributed by atoms with Crippen LogP contribution in [0.25, 0.3) is 0 Å². The van der Waals surface area contributed by atoms with Gasteiger partial charge in [-0.1, -0.05) is 0 Å². The molecule has 2 nitrogen and oxygen atoms in total. The van der Waals surface area contributed by atoms with Gasteiger partial charge in [-0.2, -0.15) is 8.78 Å². The van der Waals surface area contributed by atoms with E-state index in [1.807, 2.05) is 0 Å². The zero-order valence-electron chi connectivity index (χ0n) is 6.40. The lowest BCUT2D eigenvalue weighted by atomic mass is 10.2. The zero-order valence-corrected chi connectivity index (χ0v) is 7.15. The summed E-state index contributed by atoms with van der Waals surface area (Å²) < 4.78 is 23.5. The maximum absolute atomic E-state index is 11.8. The van der Waals surface area contributed by atoms with E-state index in [9.17, 15) is 13.6 Å². The fraction of sp³-hybridized carbons (Fsp3) is 0.857. The average molecular weight is 198 g/mol. The SMILES string of the molecule is O=C(NC1CCCC1Cl)C(F)F. The predicted molar refractivity (Wildman–Crippen MR) is 41.4 cm³/mol. The highest BCUT2D eigenvalue weighted by Gasteiger charge is 2.28. The molecule has 1 aliphatic carbocycles. The fourth-order valence-corrected chi connectivity index (χ4v) is 1.67. The minimum absolute atomic E-state index is 0.187. The lowest BCUT2D eigenvalue weighted by molar-refractivity contribution is -0.132. The lowest BCUT2D eigenvalue weighted by Gasteiger charge is -2.14. The van der Waals surface area contributed by atoms with Crippen molar-refractivity contribution in [2.24, 2.45) is 0 Å². The van der Waals surface area contributed by atoms with E-state index in [4.69, 9.17) is 11.6 Å². The van der Waals surface area contributed by atoms with Crippen molar-refractivity contribution >= 4 is 17.5 Å². The third-order valence-electron chi connectivity index (χ3n) is 1.96. The summed E-state index contributed by atoms with van der Waals surface area (Å²) in [5, 5.41) is 2.02. The van der Waals surface area contributed by atoms with Gasteiger partial charge in [-0.3, -0.25) is 4.79 Å². The number of rotatable bonds is 2. The second-order valence-electron chi connectivity index (χ2n) is 2.86. The Labute approximate surface area is 74.3 Å². The average Bonchev–Trinajstić information content (AvgIpc) is 2.36. The highest BCUT2D eigenvalue weighted by atomic mass is 35.5. The Morgan fingerprint density at radius 2 is 2.17 bits per heavy atom. The van der Waals surface area contributed by atoms with Gasteiger partial charge in [0.1, 0.15) is 0 Å². The number of carbonyl (C=O) groups excluding carboxylic acids is 1. The standard InChI is InChI=1S/C7H10ClF2NO/c8-4-2-1-3-5(4)11-7(12)6(9)10/h4-6H,1-3H2,(H,11,12). The zero-order chi connectivity index (χ0) is 9.14. The van der Waals surface area contributed by atoms with Crippen LogP contribution in [-0.2, 0) is 4.79 Å². The molecule has 0 aromatic rings. The topological polar surface area (TPSA) is 29.1 Å². The summed E-state index contributed by atoms with van der Waals surface area (Å²) in [6.07, 6.45) is -0.556. The second-order valence-corrected chi connectivity index (χ2v) is 3.42. The molecule has 0 aromatic heterocycles. The lowest BCUT2D eigenvalue weighted by Crippen LogP contribution is -2.41. The molecule has 1 fully saturated rings. The molecule has 0 radical (unpaired) electrons. The molecule has 1 N–H and O–H groups in total. The number of hydrogen-bond acceptors (Lipinski definition) is 1. The highest BCUT2D eigenvalue weighted by molar-refractivity contribution is 6.21. The van der Waals surface area contributed by atoms with E-state index in [-0.39, 0.29) is 11.4 Å². The first kappa shape index (κ1) is 9.71. The summed E-state index contributed by atoms with van der Waals surface area (Å²) in [6, 6.07) is -0.270. The number of amides is 1. The third-order valence-corrected chi connectivity index (χ3v) is 2.48. The van der Waals surface area contributed by atoms with Gasteiger partial charge in [-0.25, -0.2) is 0 Å². The van der Waals surface area contributed by atoms with E-state index in [0.29, 0.717) is 6.42 Å². The number of nitrogens with one attached hydrogen (secondary N) is 1. The minimum atomic E-state index is -2.94. The Balaban J connectivity index is 2.35. The molecule has 12 heavy (non-hydrogen) atoms. The molecule has 1 amide bonds. The predicted octanol–water partition coefficient (Wildman–Crippen LogP) is 1.53. The Hall–Kier alpha value is -0.380. The summed E-state index contributed by atoms with van der Waals surface area (Å²) in [7, 11) is 0. The first-order valence-corrected chi connectivity index (χ1v) is 4.27. The summed E-state index contributed by atoms with van der Waals surface area (Å²) >= 11 is 5.77. The molecule has 0 spiro atoms. The van der Waals surface area contributed by atoms with Crippen LogP contribution in [0.4, 0.5) is 8.78 Å². The largest absolute Gasteiger partial charge is 0.347 e. The van der Waals surface area contributed by atoms with E-state index in [0.717, 1.165) is 12.8 Å². The van der Waals surface area contributed by atoms with Crippen LogP contribution in [0.5, 0.6) is 0 Å². The molecule has 1 rings (SSSR count). The van der Waals surface area contributed by atoms with Gasteiger partial charge in [0.2, 0.25) is 0 Å². The molecule has 1 saturated carbocycles. The third kappa shape index (κ3) is 2.30. The van der Waals surface area contributed by atoms with Crippen LogP contribution in [0.15, 0.2) is 0 Å². The quantitative estimate of drug-likeness (QED) is 0.669. The highest BCUT2D eigenvalue weighted by Crippen LogP contribution is 2.23. The van der Waals surface area contributed by atoms with Gasteiger partial charge in [-0.15, -0.1) is 11.6 Å². The fourth-order valence-electron chi connectivity index (χ4n) is 1.32. The normalized spacial score (nSPS) is 29.3. The van der Waals surface area contributed by atoms with E-state index < -0.39 is 12.3 Å². The summed E-state index contributed by atoms with van der Waals surface area (Å²) in [5.41, 5.74) is 0. The van der Waals surface area contributed by atoms with E-state index in [2.05, 4.69) is 5.32 Å². The van der Waals surface area contributed by atoms with Gasteiger partial charge in [0.05, 0.1) is 5.38 Å². The minimum Gasteiger partial charge on any atom is -0.347 e. The maximum Gasteiger partial charge on any atom is 0.315 e. The Bertz CT molecular complexity index is 177. The molecule has 2 unspecified atom stereocenters. The molecule has 5 heteroatoms. The Morgan fingerprint density at radius 1 is 1.50 bits per heavy atom. The molecule has 70 valence electrons. The second kappa shape index (κ2) is 4.03. The number of alkyl halides is 3. The van der Waals surface area contributed by atoms with Crippen molar-refractivity contribution < 1.29 is 13.6 Å². The molecule has 0 bridgehead atoms. The molecule has 0 saturated heterocycles. The van der Waals surface area contributed by atoms with E-state index >= 15 is 0 Å². The molecular formula is C7H10ClF2NO.